The summed E-state index contributed by atoms with van der Waals surface area (Å²) in [7, 11) is 1.54. The fraction of sp³-hybridized carbons (Fsp3) is 0.143. The van der Waals surface area contributed by atoms with Crippen LogP contribution in [0.1, 0.15) is 15.9 Å². The van der Waals surface area contributed by atoms with Crippen molar-refractivity contribution in [3.8, 4) is 0 Å². The molecule has 0 unspecified atom stereocenters. The monoisotopic (exact) mass is 278 g/mol. The zero-order chi connectivity index (χ0) is 14.9. The first-order chi connectivity index (χ1) is 9.38. The van der Waals surface area contributed by atoms with Crippen molar-refractivity contribution in [2.45, 2.75) is 6.92 Å². The quantitative estimate of drug-likeness (QED) is 0.915. The molecular weight excluding hydrogens is 266 g/mol. The molecule has 4 nitrogen and oxygen atoms in total. The predicted octanol–water partition coefficient (Wildman–Crippen LogP) is 2.22. The third kappa shape index (κ3) is 2.74. The lowest BCUT2D eigenvalue weighted by Gasteiger charge is -2.08. The Bertz CT molecular complexity index is 738. The number of pyridine rings is 1. The maximum absolute atomic E-state index is 13.6. The minimum absolute atomic E-state index is 0.0773. The lowest BCUT2D eigenvalue weighted by molar-refractivity contribution is 0.102. The minimum Gasteiger partial charge on any atom is -0.319 e. The van der Waals surface area contributed by atoms with E-state index >= 15 is 0 Å². The summed E-state index contributed by atoms with van der Waals surface area (Å²) in [5.74, 6) is -2.03. The van der Waals surface area contributed by atoms with Gasteiger partial charge in [-0.15, -0.1) is 0 Å². The predicted molar refractivity (Wildman–Crippen MR) is 70.7 cm³/mol. The standard InChI is InChI=1S/C14H12F2N2O2/c1-8-5-11(16)12(7-10(8)15)17-14(20)9-3-4-18(2)13(19)6-9/h3-7H,1-2H3,(H,17,20). The smallest absolute Gasteiger partial charge is 0.255 e. The van der Waals surface area contributed by atoms with Crippen LogP contribution < -0.4 is 10.9 Å². The van der Waals surface area contributed by atoms with Gasteiger partial charge in [0.25, 0.3) is 11.5 Å². The van der Waals surface area contributed by atoms with Gasteiger partial charge in [0, 0.05) is 30.9 Å². The van der Waals surface area contributed by atoms with E-state index in [0.29, 0.717) is 0 Å². The average molecular weight is 278 g/mol. The number of hydrogen-bond donors (Lipinski definition) is 1. The van der Waals surface area contributed by atoms with Crippen LogP contribution in [-0.4, -0.2) is 10.5 Å². The molecule has 1 amide bonds. The van der Waals surface area contributed by atoms with Gasteiger partial charge >= 0.3 is 0 Å². The van der Waals surface area contributed by atoms with E-state index in [9.17, 15) is 18.4 Å². The van der Waals surface area contributed by atoms with Crippen molar-refractivity contribution in [3.05, 3.63) is 63.6 Å². The summed E-state index contributed by atoms with van der Waals surface area (Å²) in [6, 6.07) is 4.44. The maximum atomic E-state index is 13.6. The number of anilines is 1. The molecule has 1 N–H and O–H groups in total. The molecule has 1 aromatic heterocycles. The summed E-state index contributed by atoms with van der Waals surface area (Å²) in [5, 5.41) is 2.24. The first-order valence-corrected chi connectivity index (χ1v) is 5.82. The number of amides is 1. The molecule has 0 atom stereocenters. The van der Waals surface area contributed by atoms with Crippen LogP contribution in [0.2, 0.25) is 0 Å². The van der Waals surface area contributed by atoms with Gasteiger partial charge in [-0.05, 0) is 24.6 Å². The van der Waals surface area contributed by atoms with Gasteiger partial charge in [0.05, 0.1) is 5.69 Å². The maximum Gasteiger partial charge on any atom is 0.255 e. The van der Waals surface area contributed by atoms with Crippen LogP contribution in [0.4, 0.5) is 14.5 Å². The number of nitrogens with zero attached hydrogens (tertiary/aromatic N) is 1. The molecule has 0 saturated heterocycles. The molecule has 0 radical (unpaired) electrons. The van der Waals surface area contributed by atoms with Crippen LogP contribution in [0.5, 0.6) is 0 Å². The van der Waals surface area contributed by atoms with E-state index < -0.39 is 17.5 Å². The second-order valence-corrected chi connectivity index (χ2v) is 4.40. The highest BCUT2D eigenvalue weighted by molar-refractivity contribution is 6.04. The number of rotatable bonds is 2. The molecule has 0 spiro atoms. The van der Waals surface area contributed by atoms with Gasteiger partial charge in [0.1, 0.15) is 11.6 Å². The van der Waals surface area contributed by atoms with Gasteiger partial charge in [-0.25, -0.2) is 8.78 Å². The number of carbonyl (C=O) groups is 1. The molecule has 1 aromatic carbocycles. The Morgan fingerprint density at radius 1 is 1.20 bits per heavy atom. The Hall–Kier alpha value is -2.50. The molecule has 104 valence electrons. The first kappa shape index (κ1) is 13.9. The van der Waals surface area contributed by atoms with Crippen molar-refractivity contribution in [1.82, 2.24) is 4.57 Å². The normalized spacial score (nSPS) is 10.4. The first-order valence-electron chi connectivity index (χ1n) is 5.82. The van der Waals surface area contributed by atoms with Gasteiger partial charge in [-0.1, -0.05) is 0 Å². The summed E-state index contributed by atoms with van der Waals surface area (Å²) in [6.07, 6.45) is 1.42. The molecule has 0 bridgehead atoms. The van der Waals surface area contributed by atoms with E-state index in [1.54, 1.807) is 7.05 Å². The third-order valence-corrected chi connectivity index (χ3v) is 2.86. The zero-order valence-corrected chi connectivity index (χ0v) is 10.9. The fourth-order valence-electron chi connectivity index (χ4n) is 1.63. The summed E-state index contributed by atoms with van der Waals surface area (Å²) in [5.41, 5.74) is -0.408. The molecular formula is C14H12F2N2O2. The van der Waals surface area contributed by atoms with E-state index in [-0.39, 0.29) is 22.4 Å². The second-order valence-electron chi connectivity index (χ2n) is 4.40. The van der Waals surface area contributed by atoms with Gasteiger partial charge in [-0.3, -0.25) is 9.59 Å². The highest BCUT2D eigenvalue weighted by Crippen LogP contribution is 2.19. The molecule has 0 fully saturated rings. The van der Waals surface area contributed by atoms with Crippen LogP contribution >= 0.6 is 0 Å². The van der Waals surface area contributed by atoms with E-state index in [4.69, 9.17) is 0 Å². The molecule has 0 saturated carbocycles. The summed E-state index contributed by atoms with van der Waals surface area (Å²) in [4.78, 5) is 23.3. The van der Waals surface area contributed by atoms with Crippen molar-refractivity contribution < 1.29 is 13.6 Å². The van der Waals surface area contributed by atoms with Crippen molar-refractivity contribution >= 4 is 11.6 Å². The lowest BCUT2D eigenvalue weighted by atomic mass is 10.2. The summed E-state index contributed by atoms with van der Waals surface area (Å²) in [6.45, 7) is 1.42. The van der Waals surface area contributed by atoms with Crippen molar-refractivity contribution in [1.29, 1.82) is 0 Å². The minimum atomic E-state index is -0.735. The molecule has 0 aliphatic carbocycles. The molecule has 2 aromatic rings. The number of carbonyl (C=O) groups excluding carboxylic acids is 1. The molecule has 2 rings (SSSR count). The Labute approximate surface area is 113 Å². The Morgan fingerprint density at radius 2 is 1.90 bits per heavy atom. The molecule has 0 aliphatic rings. The van der Waals surface area contributed by atoms with Gasteiger partial charge in [0.15, 0.2) is 0 Å². The van der Waals surface area contributed by atoms with E-state index in [1.165, 1.54) is 23.8 Å². The van der Waals surface area contributed by atoms with Gasteiger partial charge < -0.3 is 9.88 Å². The van der Waals surface area contributed by atoms with Crippen LogP contribution in [-0.2, 0) is 7.05 Å². The summed E-state index contributed by atoms with van der Waals surface area (Å²) >= 11 is 0. The van der Waals surface area contributed by atoms with Gasteiger partial charge in [-0.2, -0.15) is 0 Å². The molecule has 6 heteroatoms. The largest absolute Gasteiger partial charge is 0.319 e. The Morgan fingerprint density at radius 3 is 2.55 bits per heavy atom. The number of benzene rings is 1. The van der Waals surface area contributed by atoms with Crippen LogP contribution in [0, 0.1) is 18.6 Å². The Balaban J connectivity index is 2.30. The second kappa shape index (κ2) is 5.24. The van der Waals surface area contributed by atoms with Gasteiger partial charge in [0.2, 0.25) is 0 Å². The molecule has 20 heavy (non-hydrogen) atoms. The zero-order valence-electron chi connectivity index (χ0n) is 10.9. The Kier molecular flexibility index (Phi) is 3.65. The lowest BCUT2D eigenvalue weighted by Crippen LogP contribution is -2.20. The average Bonchev–Trinajstić information content (AvgIpc) is 2.39. The topological polar surface area (TPSA) is 51.1 Å². The fourth-order valence-corrected chi connectivity index (χ4v) is 1.63. The van der Waals surface area contributed by atoms with Crippen LogP contribution in [0.15, 0.2) is 35.3 Å². The summed E-state index contributed by atoms with van der Waals surface area (Å²) < 4.78 is 28.3. The number of nitrogens with one attached hydrogen (secondary N) is 1. The highest BCUT2D eigenvalue weighted by Gasteiger charge is 2.12. The van der Waals surface area contributed by atoms with E-state index in [0.717, 1.165) is 18.2 Å². The number of hydrogen-bond acceptors (Lipinski definition) is 2. The van der Waals surface area contributed by atoms with E-state index in [1.807, 2.05) is 0 Å². The van der Waals surface area contributed by atoms with E-state index in [2.05, 4.69) is 5.32 Å². The van der Waals surface area contributed by atoms with Crippen molar-refractivity contribution in [3.63, 3.8) is 0 Å². The van der Waals surface area contributed by atoms with Crippen molar-refractivity contribution in [2.75, 3.05) is 5.32 Å². The van der Waals surface area contributed by atoms with Crippen molar-refractivity contribution in [2.24, 2.45) is 7.05 Å². The van der Waals surface area contributed by atoms with Crippen LogP contribution in [0.25, 0.3) is 0 Å². The van der Waals surface area contributed by atoms with Crippen LogP contribution in [0.3, 0.4) is 0 Å². The number of aromatic nitrogens is 1. The number of halogens is 2. The highest BCUT2D eigenvalue weighted by atomic mass is 19.1. The third-order valence-electron chi connectivity index (χ3n) is 2.86. The number of aryl methyl sites for hydroxylation is 2. The molecule has 1 heterocycles. The SMILES string of the molecule is Cc1cc(F)c(NC(=O)c2ccn(C)c(=O)c2)cc1F. The molecule has 0 aliphatic heterocycles.